The first-order valence-corrected chi connectivity index (χ1v) is 7.16. The third kappa shape index (κ3) is 3.39. The molecular formula is C15H17BrO2. The number of benzene rings is 1. The molecule has 1 aromatic carbocycles. The second kappa shape index (κ2) is 6.64. The van der Waals surface area contributed by atoms with Gasteiger partial charge in [-0.2, -0.15) is 0 Å². The van der Waals surface area contributed by atoms with Crippen molar-refractivity contribution in [1.29, 1.82) is 0 Å². The van der Waals surface area contributed by atoms with Crippen molar-refractivity contribution < 1.29 is 9.15 Å². The lowest BCUT2D eigenvalue weighted by Gasteiger charge is -2.15. The fourth-order valence-corrected chi connectivity index (χ4v) is 2.53. The van der Waals surface area contributed by atoms with E-state index in [0.717, 1.165) is 29.7 Å². The van der Waals surface area contributed by atoms with Gasteiger partial charge in [0.05, 0.1) is 13.4 Å². The minimum absolute atomic E-state index is 0.507. The molecule has 2 nitrogen and oxygen atoms in total. The first-order valence-electron chi connectivity index (χ1n) is 6.03. The largest absolute Gasteiger partial charge is 0.496 e. The summed E-state index contributed by atoms with van der Waals surface area (Å²) in [7, 11) is 1.72. The summed E-state index contributed by atoms with van der Waals surface area (Å²) in [5.74, 6) is 2.50. The van der Waals surface area contributed by atoms with Crippen molar-refractivity contribution in [3.05, 3.63) is 54.0 Å². The highest BCUT2D eigenvalue weighted by Crippen LogP contribution is 2.24. The number of alkyl halides is 1. The predicted octanol–water partition coefficient (Wildman–Crippen LogP) is 4.08. The number of rotatable bonds is 6. The van der Waals surface area contributed by atoms with Crippen molar-refractivity contribution in [2.24, 2.45) is 5.92 Å². The lowest BCUT2D eigenvalue weighted by atomic mass is 9.96. The molecule has 2 rings (SSSR count). The van der Waals surface area contributed by atoms with E-state index >= 15 is 0 Å². The summed E-state index contributed by atoms with van der Waals surface area (Å²) in [5.41, 5.74) is 1.25. The van der Waals surface area contributed by atoms with Gasteiger partial charge in [-0.15, -0.1) is 0 Å². The zero-order valence-corrected chi connectivity index (χ0v) is 12.0. The van der Waals surface area contributed by atoms with Gasteiger partial charge in [0.25, 0.3) is 0 Å². The number of hydrogen-bond donors (Lipinski definition) is 0. The Morgan fingerprint density at radius 3 is 2.67 bits per heavy atom. The predicted molar refractivity (Wildman–Crippen MR) is 76.4 cm³/mol. The van der Waals surface area contributed by atoms with Crippen molar-refractivity contribution in [3.63, 3.8) is 0 Å². The standard InChI is InChI=1S/C15H17BrO2/c1-17-15-7-3-2-5-13(15)9-12(11-16)10-14-6-4-8-18-14/h2-8,12H,9-11H2,1H3. The third-order valence-corrected chi connectivity index (χ3v) is 3.90. The molecule has 96 valence electrons. The molecule has 0 aliphatic carbocycles. The molecule has 0 amide bonds. The van der Waals surface area contributed by atoms with Crippen LogP contribution in [0, 0.1) is 5.92 Å². The number of hydrogen-bond acceptors (Lipinski definition) is 2. The highest BCUT2D eigenvalue weighted by atomic mass is 79.9. The van der Waals surface area contributed by atoms with Gasteiger partial charge in [0.2, 0.25) is 0 Å². The second-order valence-corrected chi connectivity index (χ2v) is 4.97. The summed E-state index contributed by atoms with van der Waals surface area (Å²) in [6, 6.07) is 12.1. The minimum Gasteiger partial charge on any atom is -0.496 e. The maximum Gasteiger partial charge on any atom is 0.122 e. The van der Waals surface area contributed by atoms with Crippen molar-refractivity contribution in [2.45, 2.75) is 12.8 Å². The normalized spacial score (nSPS) is 12.3. The molecule has 0 aliphatic rings. The minimum atomic E-state index is 0.507. The van der Waals surface area contributed by atoms with Crippen LogP contribution < -0.4 is 4.74 Å². The van der Waals surface area contributed by atoms with Gasteiger partial charge in [0, 0.05) is 11.8 Å². The van der Waals surface area contributed by atoms with E-state index in [1.54, 1.807) is 13.4 Å². The Balaban J connectivity index is 2.05. The van der Waals surface area contributed by atoms with Gasteiger partial charge in [-0.1, -0.05) is 34.1 Å². The Labute approximate surface area is 116 Å². The molecule has 3 heteroatoms. The number of furan rings is 1. The summed E-state index contributed by atoms with van der Waals surface area (Å²) >= 11 is 3.58. The van der Waals surface area contributed by atoms with Crippen LogP contribution in [0.3, 0.4) is 0 Å². The number of methoxy groups -OCH3 is 1. The van der Waals surface area contributed by atoms with E-state index in [9.17, 15) is 0 Å². The Morgan fingerprint density at radius 2 is 2.00 bits per heavy atom. The molecule has 0 saturated carbocycles. The van der Waals surface area contributed by atoms with E-state index < -0.39 is 0 Å². The van der Waals surface area contributed by atoms with Crippen molar-refractivity contribution >= 4 is 15.9 Å². The average Bonchev–Trinajstić information content (AvgIpc) is 2.91. The highest BCUT2D eigenvalue weighted by Gasteiger charge is 2.13. The van der Waals surface area contributed by atoms with Gasteiger partial charge < -0.3 is 9.15 Å². The monoisotopic (exact) mass is 308 g/mol. The van der Waals surface area contributed by atoms with Gasteiger partial charge in [-0.05, 0) is 36.1 Å². The number of halogens is 1. The van der Waals surface area contributed by atoms with Gasteiger partial charge in [-0.25, -0.2) is 0 Å². The fourth-order valence-electron chi connectivity index (χ4n) is 2.08. The molecule has 0 spiro atoms. The van der Waals surface area contributed by atoms with Crippen molar-refractivity contribution in [1.82, 2.24) is 0 Å². The van der Waals surface area contributed by atoms with Crippen LogP contribution in [0.1, 0.15) is 11.3 Å². The van der Waals surface area contributed by atoms with E-state index in [1.165, 1.54) is 5.56 Å². The molecule has 0 N–H and O–H groups in total. The van der Waals surface area contributed by atoms with E-state index in [2.05, 4.69) is 28.1 Å². The molecule has 0 radical (unpaired) electrons. The fraction of sp³-hybridized carbons (Fsp3) is 0.333. The number of para-hydroxylation sites is 1. The van der Waals surface area contributed by atoms with Crippen LogP contribution in [-0.4, -0.2) is 12.4 Å². The lowest BCUT2D eigenvalue weighted by molar-refractivity contribution is 0.402. The maximum atomic E-state index is 5.41. The molecule has 18 heavy (non-hydrogen) atoms. The summed E-state index contributed by atoms with van der Waals surface area (Å²) < 4.78 is 10.8. The molecule has 1 atom stereocenters. The van der Waals surface area contributed by atoms with Crippen LogP contribution in [0.5, 0.6) is 5.75 Å². The number of ether oxygens (including phenoxy) is 1. The zero-order chi connectivity index (χ0) is 12.8. The van der Waals surface area contributed by atoms with Gasteiger partial charge >= 0.3 is 0 Å². The molecule has 1 unspecified atom stereocenters. The highest BCUT2D eigenvalue weighted by molar-refractivity contribution is 9.09. The van der Waals surface area contributed by atoms with E-state index in [4.69, 9.17) is 9.15 Å². The molecule has 2 aromatic rings. The summed E-state index contributed by atoms with van der Waals surface area (Å²) in [6.07, 6.45) is 3.65. The van der Waals surface area contributed by atoms with Crippen LogP contribution in [0.25, 0.3) is 0 Å². The Bertz CT molecular complexity index is 465. The average molecular weight is 309 g/mol. The van der Waals surface area contributed by atoms with Crippen molar-refractivity contribution in [2.75, 3.05) is 12.4 Å². The smallest absolute Gasteiger partial charge is 0.122 e. The topological polar surface area (TPSA) is 22.4 Å². The molecule has 1 heterocycles. The van der Waals surface area contributed by atoms with Gasteiger partial charge in [0.15, 0.2) is 0 Å². The summed E-state index contributed by atoms with van der Waals surface area (Å²) in [4.78, 5) is 0. The SMILES string of the molecule is COc1ccccc1CC(CBr)Cc1ccco1. The Hall–Kier alpha value is -1.22. The van der Waals surface area contributed by atoms with Crippen LogP contribution in [0.4, 0.5) is 0 Å². The van der Waals surface area contributed by atoms with Gasteiger partial charge in [-0.3, -0.25) is 0 Å². The zero-order valence-electron chi connectivity index (χ0n) is 10.4. The lowest BCUT2D eigenvalue weighted by Crippen LogP contribution is -2.10. The Morgan fingerprint density at radius 1 is 1.17 bits per heavy atom. The van der Waals surface area contributed by atoms with E-state index in [1.807, 2.05) is 24.3 Å². The molecule has 0 fully saturated rings. The molecule has 0 bridgehead atoms. The molecule has 0 aliphatic heterocycles. The summed E-state index contributed by atoms with van der Waals surface area (Å²) in [6.45, 7) is 0. The van der Waals surface area contributed by atoms with Gasteiger partial charge in [0.1, 0.15) is 11.5 Å². The van der Waals surface area contributed by atoms with E-state index in [-0.39, 0.29) is 0 Å². The van der Waals surface area contributed by atoms with Crippen LogP contribution >= 0.6 is 15.9 Å². The summed E-state index contributed by atoms with van der Waals surface area (Å²) in [5, 5.41) is 0.950. The van der Waals surface area contributed by atoms with E-state index in [0.29, 0.717) is 5.92 Å². The maximum absolute atomic E-state index is 5.41. The van der Waals surface area contributed by atoms with Crippen LogP contribution in [0.2, 0.25) is 0 Å². The second-order valence-electron chi connectivity index (χ2n) is 4.32. The Kier molecular flexibility index (Phi) is 4.88. The molecule has 0 saturated heterocycles. The molecule has 1 aromatic heterocycles. The first-order chi connectivity index (χ1) is 8.83. The molecular weight excluding hydrogens is 292 g/mol. The quantitative estimate of drug-likeness (QED) is 0.750. The first kappa shape index (κ1) is 13.2. The van der Waals surface area contributed by atoms with Crippen LogP contribution in [0.15, 0.2) is 47.1 Å². The van der Waals surface area contributed by atoms with Crippen LogP contribution in [-0.2, 0) is 12.8 Å². The third-order valence-electron chi connectivity index (χ3n) is 2.99. The van der Waals surface area contributed by atoms with Crippen molar-refractivity contribution in [3.8, 4) is 5.75 Å².